The summed E-state index contributed by atoms with van der Waals surface area (Å²) in [6.45, 7) is 8.66. The van der Waals surface area contributed by atoms with Crippen molar-refractivity contribution < 1.29 is 0 Å². The molecule has 1 aliphatic rings. The molecule has 0 spiro atoms. The van der Waals surface area contributed by atoms with Crippen LogP contribution in [-0.4, -0.2) is 0 Å². The van der Waals surface area contributed by atoms with Gasteiger partial charge >= 0.3 is 0 Å². The molecule has 98 valence electrons. The molecule has 19 heavy (non-hydrogen) atoms. The molecule has 1 heterocycles. The highest BCUT2D eigenvalue weighted by Gasteiger charge is 2.24. The molecule has 1 unspecified atom stereocenters. The summed E-state index contributed by atoms with van der Waals surface area (Å²) in [7, 11) is 0. The fraction of sp³-hybridized carbons (Fsp3) is 0.353. The maximum Gasteiger partial charge on any atom is 0.0991 e. The van der Waals surface area contributed by atoms with Crippen LogP contribution in [0.3, 0.4) is 0 Å². The predicted octanol–water partition coefficient (Wildman–Crippen LogP) is 4.22. The average Bonchev–Trinajstić information content (AvgIpc) is 2.42. The van der Waals surface area contributed by atoms with Crippen LogP contribution >= 0.6 is 0 Å². The van der Waals surface area contributed by atoms with Gasteiger partial charge in [-0.3, -0.25) is 0 Å². The molecule has 2 heteroatoms. The molecule has 1 atom stereocenters. The normalized spacial score (nSPS) is 19.2. The lowest BCUT2D eigenvalue weighted by atomic mass is 9.80. The third kappa shape index (κ3) is 2.42. The second kappa shape index (κ2) is 5.32. The highest BCUT2D eigenvalue weighted by atomic mass is 14.9. The van der Waals surface area contributed by atoms with E-state index in [1.165, 1.54) is 28.1 Å². The summed E-state index contributed by atoms with van der Waals surface area (Å²) in [4.78, 5) is 0. The molecule has 0 aromatic heterocycles. The summed E-state index contributed by atoms with van der Waals surface area (Å²) in [5.74, 6) is 0.346. The van der Waals surface area contributed by atoms with Crippen LogP contribution in [0.1, 0.15) is 51.2 Å². The van der Waals surface area contributed by atoms with Crippen molar-refractivity contribution in [3.05, 3.63) is 57.9 Å². The van der Waals surface area contributed by atoms with E-state index in [4.69, 9.17) is 5.26 Å². The van der Waals surface area contributed by atoms with Crippen LogP contribution in [0.25, 0.3) is 0 Å². The summed E-state index contributed by atoms with van der Waals surface area (Å²) < 4.78 is 0. The van der Waals surface area contributed by atoms with Crippen LogP contribution in [0, 0.1) is 11.3 Å². The van der Waals surface area contributed by atoms with Gasteiger partial charge in [0, 0.05) is 17.3 Å². The number of allylic oxidation sites excluding steroid dienone is 4. The monoisotopic (exact) mass is 252 g/mol. The molecule has 1 aliphatic heterocycles. The van der Waals surface area contributed by atoms with Gasteiger partial charge in [-0.05, 0) is 56.0 Å². The summed E-state index contributed by atoms with van der Waals surface area (Å²) in [6.07, 6.45) is 1.04. The second-order valence-electron chi connectivity index (χ2n) is 5.10. The van der Waals surface area contributed by atoms with E-state index < -0.39 is 0 Å². The van der Waals surface area contributed by atoms with Gasteiger partial charge < -0.3 is 5.32 Å². The van der Waals surface area contributed by atoms with Gasteiger partial charge in [-0.2, -0.15) is 5.26 Å². The van der Waals surface area contributed by atoms with Gasteiger partial charge in [0.05, 0.1) is 11.6 Å². The van der Waals surface area contributed by atoms with Gasteiger partial charge in [0.1, 0.15) is 0 Å². The molecule has 1 aromatic rings. The summed E-state index contributed by atoms with van der Waals surface area (Å²) in [6, 6.07) is 10.1. The van der Waals surface area contributed by atoms with E-state index in [1.54, 1.807) is 0 Å². The number of nitrogens with one attached hydrogen (secondary N) is 1. The van der Waals surface area contributed by atoms with Crippen molar-refractivity contribution in [2.24, 2.45) is 0 Å². The molecule has 2 nitrogen and oxygen atoms in total. The van der Waals surface area contributed by atoms with Gasteiger partial charge in [-0.25, -0.2) is 0 Å². The highest BCUT2D eigenvalue weighted by Crippen LogP contribution is 2.38. The zero-order chi connectivity index (χ0) is 14.0. The van der Waals surface area contributed by atoms with Crippen molar-refractivity contribution in [1.82, 2.24) is 5.32 Å². The van der Waals surface area contributed by atoms with Gasteiger partial charge in [-0.1, -0.05) is 19.1 Å². The van der Waals surface area contributed by atoms with Crippen molar-refractivity contribution in [1.29, 1.82) is 5.26 Å². The number of nitrogens with zero attached hydrogens (tertiary/aromatic N) is 1. The Kier molecular flexibility index (Phi) is 3.76. The van der Waals surface area contributed by atoms with Gasteiger partial charge in [-0.15, -0.1) is 0 Å². The van der Waals surface area contributed by atoms with E-state index >= 15 is 0 Å². The number of rotatable bonds is 2. The third-order valence-electron chi connectivity index (χ3n) is 3.98. The first-order chi connectivity index (χ1) is 9.08. The summed E-state index contributed by atoms with van der Waals surface area (Å²) in [5.41, 5.74) is 7.30. The molecule has 0 saturated heterocycles. The second-order valence-corrected chi connectivity index (χ2v) is 5.10. The van der Waals surface area contributed by atoms with E-state index in [0.29, 0.717) is 5.92 Å². The average molecular weight is 252 g/mol. The molecular formula is C17H20N2. The molecule has 1 aromatic carbocycles. The van der Waals surface area contributed by atoms with E-state index in [0.717, 1.165) is 12.0 Å². The molecule has 0 aliphatic carbocycles. The Hall–Kier alpha value is -2.01. The number of hydrogen-bond donors (Lipinski definition) is 1. The Morgan fingerprint density at radius 3 is 2.26 bits per heavy atom. The van der Waals surface area contributed by atoms with Gasteiger partial charge in [0.15, 0.2) is 0 Å². The molecule has 0 saturated carbocycles. The van der Waals surface area contributed by atoms with Crippen molar-refractivity contribution in [3.8, 4) is 6.07 Å². The number of nitriles is 1. The van der Waals surface area contributed by atoms with Crippen LogP contribution in [0.15, 0.2) is 46.8 Å². The fourth-order valence-corrected chi connectivity index (χ4v) is 2.83. The Labute approximate surface area is 115 Å². The molecule has 0 bridgehead atoms. The summed E-state index contributed by atoms with van der Waals surface area (Å²) in [5, 5.41) is 12.4. The van der Waals surface area contributed by atoms with Crippen LogP contribution in [-0.2, 0) is 0 Å². The van der Waals surface area contributed by atoms with Crippen molar-refractivity contribution >= 4 is 0 Å². The third-order valence-corrected chi connectivity index (χ3v) is 3.98. The van der Waals surface area contributed by atoms with Gasteiger partial charge in [0.2, 0.25) is 0 Å². The Balaban J connectivity index is 2.49. The minimum absolute atomic E-state index is 0.346. The first kappa shape index (κ1) is 13.4. The van der Waals surface area contributed by atoms with Crippen molar-refractivity contribution in [3.63, 3.8) is 0 Å². The number of dihydropyridines is 1. The first-order valence-corrected chi connectivity index (χ1v) is 6.72. The predicted molar refractivity (Wildman–Crippen MR) is 78.4 cm³/mol. The maximum absolute atomic E-state index is 8.89. The number of hydrogen-bond acceptors (Lipinski definition) is 2. The largest absolute Gasteiger partial charge is 0.363 e. The van der Waals surface area contributed by atoms with Crippen LogP contribution < -0.4 is 5.32 Å². The summed E-state index contributed by atoms with van der Waals surface area (Å²) >= 11 is 0. The highest BCUT2D eigenvalue weighted by molar-refractivity contribution is 5.46. The van der Waals surface area contributed by atoms with Crippen LogP contribution in [0.5, 0.6) is 0 Å². The van der Waals surface area contributed by atoms with Crippen LogP contribution in [0.2, 0.25) is 0 Å². The molecule has 1 N–H and O–H groups in total. The first-order valence-electron chi connectivity index (χ1n) is 6.72. The van der Waals surface area contributed by atoms with E-state index in [-0.39, 0.29) is 0 Å². The Bertz CT molecular complexity index is 583. The zero-order valence-electron chi connectivity index (χ0n) is 12.0. The van der Waals surface area contributed by atoms with Crippen LogP contribution in [0.4, 0.5) is 0 Å². The van der Waals surface area contributed by atoms with Crippen molar-refractivity contribution in [2.75, 3.05) is 0 Å². The standard InChI is InChI=1S/C17H20N2/c1-5-16-13(4)19-12(3)11(2)17(16)15-8-6-14(10-18)7-9-15/h6-9,17,19H,5H2,1-4H3. The maximum atomic E-state index is 8.89. The number of benzene rings is 1. The lowest BCUT2D eigenvalue weighted by Crippen LogP contribution is -2.23. The molecule has 0 radical (unpaired) electrons. The minimum Gasteiger partial charge on any atom is -0.363 e. The SMILES string of the molecule is CCC1=C(C)NC(C)=C(C)C1c1ccc(C#N)cc1. The topological polar surface area (TPSA) is 35.8 Å². The lowest BCUT2D eigenvalue weighted by Gasteiger charge is -2.31. The molecule has 0 fully saturated rings. The molecule has 2 rings (SSSR count). The minimum atomic E-state index is 0.346. The Morgan fingerprint density at radius 1 is 1.11 bits per heavy atom. The smallest absolute Gasteiger partial charge is 0.0991 e. The van der Waals surface area contributed by atoms with E-state index in [2.05, 4.69) is 51.2 Å². The quantitative estimate of drug-likeness (QED) is 0.855. The van der Waals surface area contributed by atoms with E-state index in [9.17, 15) is 0 Å². The molecule has 0 amide bonds. The van der Waals surface area contributed by atoms with Gasteiger partial charge in [0.25, 0.3) is 0 Å². The lowest BCUT2D eigenvalue weighted by molar-refractivity contribution is 0.741. The van der Waals surface area contributed by atoms with E-state index in [1.807, 2.05) is 12.1 Å². The molecular weight excluding hydrogens is 232 g/mol. The fourth-order valence-electron chi connectivity index (χ4n) is 2.83. The van der Waals surface area contributed by atoms with Crippen molar-refractivity contribution in [2.45, 2.75) is 40.0 Å². The zero-order valence-corrected chi connectivity index (χ0v) is 12.0. The Morgan fingerprint density at radius 2 is 1.74 bits per heavy atom.